The maximum absolute atomic E-state index is 5.84. The van der Waals surface area contributed by atoms with Gasteiger partial charge in [0, 0.05) is 32.3 Å². The zero-order valence-electron chi connectivity index (χ0n) is 15.3. The number of methoxy groups -OCH3 is 2. The molecule has 1 aliphatic heterocycles. The lowest BCUT2D eigenvalue weighted by molar-refractivity contribution is 0.00721. The summed E-state index contributed by atoms with van der Waals surface area (Å²) in [5.74, 6) is 2.95. The fourth-order valence-corrected chi connectivity index (χ4v) is 3.02. The van der Waals surface area contributed by atoms with Gasteiger partial charge in [-0.1, -0.05) is 0 Å². The highest BCUT2D eigenvalue weighted by atomic mass is 16.5. The third kappa shape index (κ3) is 3.14. The Hall–Kier alpha value is -2.70. The van der Waals surface area contributed by atoms with Crippen LogP contribution in [0, 0.1) is 0 Å². The van der Waals surface area contributed by atoms with E-state index in [-0.39, 0.29) is 0 Å². The van der Waals surface area contributed by atoms with Crippen molar-refractivity contribution in [1.82, 2.24) is 14.8 Å². The van der Waals surface area contributed by atoms with Gasteiger partial charge < -0.3 is 19.1 Å². The number of hydrogen-bond acceptors (Lipinski definition) is 6. The molecule has 2 heterocycles. The first-order valence-electron chi connectivity index (χ1n) is 8.18. The number of benzene rings is 1. The van der Waals surface area contributed by atoms with Crippen molar-refractivity contribution < 1.29 is 14.2 Å². The van der Waals surface area contributed by atoms with Crippen molar-refractivity contribution in [2.75, 3.05) is 26.2 Å². The van der Waals surface area contributed by atoms with Crippen molar-refractivity contribution in [3.63, 3.8) is 0 Å². The van der Waals surface area contributed by atoms with E-state index in [9.17, 15) is 0 Å². The van der Waals surface area contributed by atoms with Crippen LogP contribution in [0.4, 0.5) is 11.6 Å². The minimum Gasteiger partial charge on any atom is -0.497 e. The van der Waals surface area contributed by atoms with Gasteiger partial charge in [-0.05, 0) is 25.8 Å². The van der Waals surface area contributed by atoms with Gasteiger partial charge in [-0.15, -0.1) is 10.2 Å². The number of ether oxygens (including phenoxy) is 3. The molecule has 1 aliphatic rings. The number of hydrogen-bond donors (Lipinski definition) is 0. The highest BCUT2D eigenvalue weighted by molar-refractivity contribution is 5.62. The Morgan fingerprint density at radius 1 is 1.16 bits per heavy atom. The molecule has 1 atom stereocenters. The summed E-state index contributed by atoms with van der Waals surface area (Å²) in [7, 11) is 7.15. The quantitative estimate of drug-likeness (QED) is 0.830. The van der Waals surface area contributed by atoms with E-state index < -0.39 is 5.60 Å². The second kappa shape index (κ2) is 6.66. The van der Waals surface area contributed by atoms with E-state index in [2.05, 4.69) is 10.2 Å². The zero-order chi connectivity index (χ0) is 18.0. The molecule has 1 unspecified atom stereocenters. The summed E-state index contributed by atoms with van der Waals surface area (Å²) in [5, 5.41) is 8.77. The lowest BCUT2D eigenvalue weighted by Gasteiger charge is -2.30. The van der Waals surface area contributed by atoms with Gasteiger partial charge in [0.1, 0.15) is 11.5 Å². The molecule has 0 bridgehead atoms. The Morgan fingerprint density at radius 3 is 2.40 bits per heavy atom. The minimum atomic E-state index is -0.471. The monoisotopic (exact) mass is 344 g/mol. The molecule has 0 fully saturated rings. The second-order valence-corrected chi connectivity index (χ2v) is 6.27. The van der Waals surface area contributed by atoms with E-state index in [1.54, 1.807) is 20.5 Å². The van der Waals surface area contributed by atoms with Crippen molar-refractivity contribution in [1.29, 1.82) is 0 Å². The van der Waals surface area contributed by atoms with Crippen LogP contribution in [0.3, 0.4) is 0 Å². The van der Waals surface area contributed by atoms with Crippen LogP contribution >= 0.6 is 0 Å². The van der Waals surface area contributed by atoms with E-state index in [1.165, 1.54) is 0 Å². The van der Waals surface area contributed by atoms with Crippen molar-refractivity contribution in [3.05, 3.63) is 36.4 Å². The average Bonchev–Trinajstić information content (AvgIpc) is 3.03. The topological polar surface area (TPSA) is 61.6 Å². The Balaban J connectivity index is 1.96. The molecule has 0 spiro atoms. The molecule has 7 heteroatoms. The molecule has 134 valence electrons. The molecule has 3 rings (SSSR count). The number of allylic oxidation sites excluding steroid dienone is 1. The first-order valence-corrected chi connectivity index (χ1v) is 8.18. The van der Waals surface area contributed by atoms with E-state index in [0.29, 0.717) is 5.95 Å². The summed E-state index contributed by atoms with van der Waals surface area (Å²) >= 11 is 0. The molecule has 0 N–H and O–H groups in total. The Labute approximate surface area is 147 Å². The van der Waals surface area contributed by atoms with Gasteiger partial charge in [0.05, 0.1) is 26.2 Å². The Kier molecular flexibility index (Phi) is 4.57. The predicted octanol–water partition coefficient (Wildman–Crippen LogP) is 3.14. The molecule has 0 aliphatic carbocycles. The number of anilines is 2. The van der Waals surface area contributed by atoms with Crippen molar-refractivity contribution >= 4 is 11.6 Å². The summed E-state index contributed by atoms with van der Waals surface area (Å²) < 4.78 is 18.5. The Morgan fingerprint density at radius 2 is 1.84 bits per heavy atom. The van der Waals surface area contributed by atoms with Crippen LogP contribution in [0.5, 0.6) is 11.5 Å². The molecule has 2 aromatic rings. The van der Waals surface area contributed by atoms with Crippen LogP contribution in [0.25, 0.3) is 0 Å². The molecule has 1 aromatic heterocycles. The number of nitrogens with zero attached hydrogens (tertiary/aromatic N) is 4. The van der Waals surface area contributed by atoms with Crippen LogP contribution in [0.15, 0.2) is 30.5 Å². The lowest BCUT2D eigenvalue weighted by Crippen LogP contribution is -2.29. The third-order valence-electron chi connectivity index (χ3n) is 4.56. The van der Waals surface area contributed by atoms with Crippen LogP contribution < -0.4 is 14.4 Å². The molecule has 0 saturated heterocycles. The van der Waals surface area contributed by atoms with Crippen LogP contribution in [-0.4, -0.2) is 36.0 Å². The smallest absolute Gasteiger partial charge is 0.231 e. The molecular weight excluding hydrogens is 320 g/mol. The highest BCUT2D eigenvalue weighted by Crippen LogP contribution is 2.35. The highest BCUT2D eigenvalue weighted by Gasteiger charge is 2.35. The largest absolute Gasteiger partial charge is 0.497 e. The maximum atomic E-state index is 5.84. The summed E-state index contributed by atoms with van der Waals surface area (Å²) in [6.07, 6.45) is 5.59. The third-order valence-corrected chi connectivity index (χ3v) is 4.56. The van der Waals surface area contributed by atoms with Gasteiger partial charge in [0.2, 0.25) is 5.95 Å². The van der Waals surface area contributed by atoms with Crippen molar-refractivity contribution in [3.8, 4) is 11.5 Å². The Bertz CT molecular complexity index is 764. The van der Waals surface area contributed by atoms with Crippen molar-refractivity contribution in [2.45, 2.75) is 25.4 Å². The van der Waals surface area contributed by atoms with Gasteiger partial charge in [0.25, 0.3) is 0 Å². The number of aromatic nitrogens is 3. The van der Waals surface area contributed by atoms with Gasteiger partial charge in [-0.25, -0.2) is 0 Å². The zero-order valence-corrected chi connectivity index (χ0v) is 15.3. The van der Waals surface area contributed by atoms with Gasteiger partial charge in [0.15, 0.2) is 11.4 Å². The van der Waals surface area contributed by atoms with Gasteiger partial charge >= 0.3 is 0 Å². The predicted molar refractivity (Wildman–Crippen MR) is 95.4 cm³/mol. The summed E-state index contributed by atoms with van der Waals surface area (Å²) in [6.45, 7) is 2.04. The van der Waals surface area contributed by atoms with E-state index in [4.69, 9.17) is 14.2 Å². The summed E-state index contributed by atoms with van der Waals surface area (Å²) in [5.41, 5.74) is 0.426. The van der Waals surface area contributed by atoms with Crippen LogP contribution in [0.2, 0.25) is 0 Å². The molecule has 25 heavy (non-hydrogen) atoms. The van der Waals surface area contributed by atoms with E-state index >= 15 is 0 Å². The van der Waals surface area contributed by atoms with E-state index in [0.717, 1.165) is 35.9 Å². The second-order valence-electron chi connectivity index (χ2n) is 6.27. The molecule has 0 saturated carbocycles. The standard InChI is InChI=1S/C18H24N4O3/c1-18(8-6-7-9-25-18)16-19-20-17(22(16)3)21(2)13-10-14(23-4)12-15(11-13)24-5/h7,9-12H,6,8H2,1-5H3. The summed E-state index contributed by atoms with van der Waals surface area (Å²) in [4.78, 5) is 1.95. The van der Waals surface area contributed by atoms with Crippen LogP contribution in [-0.2, 0) is 17.4 Å². The molecule has 0 radical (unpaired) electrons. The van der Waals surface area contributed by atoms with Crippen molar-refractivity contribution in [2.24, 2.45) is 7.05 Å². The maximum Gasteiger partial charge on any atom is 0.231 e. The normalized spacial score (nSPS) is 19.4. The molecule has 7 nitrogen and oxygen atoms in total. The average molecular weight is 344 g/mol. The SMILES string of the molecule is COc1cc(OC)cc(N(C)c2nnc(C3(C)CCC=CO3)n2C)c1. The van der Waals surface area contributed by atoms with Gasteiger partial charge in [-0.3, -0.25) is 4.57 Å². The number of rotatable bonds is 5. The fourth-order valence-electron chi connectivity index (χ4n) is 3.02. The first kappa shape index (κ1) is 17.1. The lowest BCUT2D eigenvalue weighted by atomic mass is 9.97. The molecule has 1 aromatic carbocycles. The van der Waals surface area contributed by atoms with Crippen LogP contribution in [0.1, 0.15) is 25.6 Å². The summed E-state index contributed by atoms with van der Waals surface area (Å²) in [6, 6.07) is 5.69. The fraction of sp³-hybridized carbons (Fsp3) is 0.444. The van der Waals surface area contributed by atoms with Gasteiger partial charge in [-0.2, -0.15) is 0 Å². The molecule has 0 amide bonds. The minimum absolute atomic E-state index is 0.471. The molecular formula is C18H24N4O3. The first-order chi connectivity index (χ1) is 12.0. The van der Waals surface area contributed by atoms with E-state index in [1.807, 2.05) is 54.8 Å².